The molecule has 1 aliphatic rings. The predicted octanol–water partition coefficient (Wildman–Crippen LogP) is 3.04. The maximum Gasteiger partial charge on any atom is 0.256 e. The fourth-order valence-electron chi connectivity index (χ4n) is 2.11. The summed E-state index contributed by atoms with van der Waals surface area (Å²) in [6, 6.07) is 12.4. The van der Waals surface area contributed by atoms with Gasteiger partial charge in [0.2, 0.25) is 0 Å². The van der Waals surface area contributed by atoms with Crippen molar-refractivity contribution < 1.29 is 14.0 Å². The lowest BCUT2D eigenvalue weighted by Crippen LogP contribution is -2.06. The molecular formula is C16H10FNO2. The minimum absolute atomic E-state index is 0.304. The van der Waals surface area contributed by atoms with Crippen LogP contribution in [0.4, 0.5) is 10.1 Å². The SMILES string of the molecule is O=C1Nc2ccccc2/C1=C\C(=O)c1ccc(F)cc1. The fourth-order valence-corrected chi connectivity index (χ4v) is 2.11. The molecule has 0 unspecified atom stereocenters. The minimum atomic E-state index is -0.404. The second kappa shape index (κ2) is 4.74. The van der Waals surface area contributed by atoms with Crippen LogP contribution in [-0.2, 0) is 4.79 Å². The summed E-state index contributed by atoms with van der Waals surface area (Å²) in [7, 11) is 0. The molecule has 0 saturated carbocycles. The lowest BCUT2D eigenvalue weighted by molar-refractivity contribution is -0.110. The summed E-state index contributed by atoms with van der Waals surface area (Å²) < 4.78 is 12.8. The highest BCUT2D eigenvalue weighted by Crippen LogP contribution is 2.31. The number of fused-ring (bicyclic) bond motifs is 1. The number of hydrogen-bond donors (Lipinski definition) is 1. The molecule has 3 nitrogen and oxygen atoms in total. The highest BCUT2D eigenvalue weighted by atomic mass is 19.1. The van der Waals surface area contributed by atoms with Crippen molar-refractivity contribution in [1.29, 1.82) is 0 Å². The van der Waals surface area contributed by atoms with E-state index >= 15 is 0 Å². The molecule has 4 heteroatoms. The Morgan fingerprint density at radius 2 is 1.75 bits per heavy atom. The molecule has 1 aliphatic heterocycles. The first-order chi connectivity index (χ1) is 9.65. The first kappa shape index (κ1) is 12.3. The smallest absolute Gasteiger partial charge is 0.256 e. The number of nitrogens with one attached hydrogen (secondary N) is 1. The summed E-state index contributed by atoms with van der Waals surface area (Å²) in [4.78, 5) is 23.9. The van der Waals surface area contributed by atoms with Gasteiger partial charge in [0.1, 0.15) is 5.82 Å². The van der Waals surface area contributed by atoms with E-state index < -0.39 is 5.82 Å². The van der Waals surface area contributed by atoms with Gasteiger partial charge in [-0.05, 0) is 36.4 Å². The second-order valence-electron chi connectivity index (χ2n) is 4.43. The average Bonchev–Trinajstić information content (AvgIpc) is 2.76. The molecular weight excluding hydrogens is 257 g/mol. The molecule has 1 amide bonds. The molecule has 1 heterocycles. The molecule has 0 aromatic heterocycles. The molecule has 3 rings (SSSR count). The molecule has 0 radical (unpaired) electrons. The quantitative estimate of drug-likeness (QED) is 0.671. The molecule has 98 valence electrons. The molecule has 2 aromatic rings. The molecule has 0 atom stereocenters. The number of carbonyl (C=O) groups is 2. The number of halogens is 1. The number of carbonyl (C=O) groups excluding carboxylic acids is 2. The van der Waals surface area contributed by atoms with Crippen LogP contribution in [0.25, 0.3) is 5.57 Å². The Morgan fingerprint density at radius 3 is 2.50 bits per heavy atom. The maximum absolute atomic E-state index is 12.8. The number of amides is 1. The van der Waals surface area contributed by atoms with Gasteiger partial charge in [-0.25, -0.2) is 4.39 Å². The van der Waals surface area contributed by atoms with Gasteiger partial charge in [-0.15, -0.1) is 0 Å². The summed E-state index contributed by atoms with van der Waals surface area (Å²) in [5.41, 5.74) is 2.06. The van der Waals surface area contributed by atoms with Gasteiger partial charge in [-0.3, -0.25) is 9.59 Å². The molecule has 0 aliphatic carbocycles. The first-order valence-corrected chi connectivity index (χ1v) is 6.07. The van der Waals surface area contributed by atoms with Crippen molar-refractivity contribution in [2.75, 3.05) is 5.32 Å². The van der Waals surface area contributed by atoms with Crippen LogP contribution in [0.1, 0.15) is 15.9 Å². The molecule has 0 saturated heterocycles. The number of hydrogen-bond acceptors (Lipinski definition) is 2. The van der Waals surface area contributed by atoms with E-state index in [0.717, 1.165) is 0 Å². The van der Waals surface area contributed by atoms with Crippen LogP contribution in [-0.4, -0.2) is 11.7 Å². The molecule has 0 bridgehead atoms. The molecule has 1 N–H and O–H groups in total. The van der Waals surface area contributed by atoms with Crippen molar-refractivity contribution >= 4 is 23.0 Å². The van der Waals surface area contributed by atoms with Gasteiger partial charge in [-0.2, -0.15) is 0 Å². The third kappa shape index (κ3) is 2.12. The standard InChI is InChI=1S/C16H10FNO2/c17-11-7-5-10(6-8-11)15(19)9-13-12-3-1-2-4-14(12)18-16(13)20/h1-9H,(H,18,20)/b13-9+. The van der Waals surface area contributed by atoms with Crippen molar-refractivity contribution in [3.63, 3.8) is 0 Å². The van der Waals surface area contributed by atoms with Gasteiger partial charge in [0, 0.05) is 16.8 Å². The summed E-state index contributed by atoms with van der Waals surface area (Å²) in [6.07, 6.45) is 1.29. The van der Waals surface area contributed by atoms with E-state index in [9.17, 15) is 14.0 Å². The Labute approximate surface area is 114 Å². The molecule has 20 heavy (non-hydrogen) atoms. The zero-order valence-electron chi connectivity index (χ0n) is 10.4. The van der Waals surface area contributed by atoms with E-state index in [4.69, 9.17) is 0 Å². The summed E-state index contributed by atoms with van der Waals surface area (Å²) in [5.74, 6) is -1.04. The number of ketones is 1. The Morgan fingerprint density at radius 1 is 1.05 bits per heavy atom. The fraction of sp³-hybridized carbons (Fsp3) is 0. The van der Waals surface area contributed by atoms with Crippen molar-refractivity contribution in [3.05, 3.63) is 71.6 Å². The van der Waals surface area contributed by atoms with Gasteiger partial charge in [-0.1, -0.05) is 18.2 Å². The van der Waals surface area contributed by atoms with E-state index in [1.54, 1.807) is 18.2 Å². The van der Waals surface area contributed by atoms with Gasteiger partial charge in [0.05, 0.1) is 5.57 Å². The lowest BCUT2D eigenvalue weighted by Gasteiger charge is -1.98. The van der Waals surface area contributed by atoms with E-state index in [-0.39, 0.29) is 11.7 Å². The normalized spacial score (nSPS) is 15.1. The summed E-state index contributed by atoms with van der Waals surface area (Å²) in [6.45, 7) is 0. The van der Waals surface area contributed by atoms with Crippen LogP contribution in [0.5, 0.6) is 0 Å². The maximum atomic E-state index is 12.8. The van der Waals surface area contributed by atoms with Crippen LogP contribution in [0.2, 0.25) is 0 Å². The van der Waals surface area contributed by atoms with Crippen LogP contribution < -0.4 is 5.32 Å². The monoisotopic (exact) mass is 267 g/mol. The Balaban J connectivity index is 1.98. The van der Waals surface area contributed by atoms with E-state index in [1.807, 2.05) is 6.07 Å². The predicted molar refractivity (Wildman–Crippen MR) is 73.8 cm³/mol. The van der Waals surface area contributed by atoms with Crippen molar-refractivity contribution in [3.8, 4) is 0 Å². The number of benzene rings is 2. The number of para-hydroxylation sites is 1. The molecule has 0 fully saturated rings. The van der Waals surface area contributed by atoms with Crippen molar-refractivity contribution in [2.45, 2.75) is 0 Å². The van der Waals surface area contributed by atoms with Crippen LogP contribution in [0.3, 0.4) is 0 Å². The Bertz CT molecular complexity index is 732. The Kier molecular flexibility index (Phi) is 2.91. The lowest BCUT2D eigenvalue weighted by atomic mass is 10.0. The minimum Gasteiger partial charge on any atom is -0.321 e. The first-order valence-electron chi connectivity index (χ1n) is 6.07. The van der Waals surface area contributed by atoms with Gasteiger partial charge in [0.25, 0.3) is 5.91 Å². The number of allylic oxidation sites excluding steroid dienone is 1. The molecule has 2 aromatic carbocycles. The van der Waals surface area contributed by atoms with E-state index in [2.05, 4.69) is 5.32 Å². The average molecular weight is 267 g/mol. The van der Waals surface area contributed by atoms with E-state index in [0.29, 0.717) is 22.4 Å². The highest BCUT2D eigenvalue weighted by Gasteiger charge is 2.24. The van der Waals surface area contributed by atoms with Crippen LogP contribution >= 0.6 is 0 Å². The largest absolute Gasteiger partial charge is 0.321 e. The third-order valence-corrected chi connectivity index (χ3v) is 3.11. The highest BCUT2D eigenvalue weighted by molar-refractivity contribution is 6.35. The third-order valence-electron chi connectivity index (χ3n) is 3.11. The van der Waals surface area contributed by atoms with Crippen LogP contribution in [0, 0.1) is 5.82 Å². The van der Waals surface area contributed by atoms with E-state index in [1.165, 1.54) is 30.3 Å². The van der Waals surface area contributed by atoms with Gasteiger partial charge in [0.15, 0.2) is 5.78 Å². The zero-order chi connectivity index (χ0) is 14.1. The number of rotatable bonds is 2. The van der Waals surface area contributed by atoms with Crippen molar-refractivity contribution in [2.24, 2.45) is 0 Å². The zero-order valence-corrected chi connectivity index (χ0v) is 10.4. The summed E-state index contributed by atoms with van der Waals surface area (Å²) >= 11 is 0. The summed E-state index contributed by atoms with van der Waals surface area (Å²) in [5, 5.41) is 2.69. The second-order valence-corrected chi connectivity index (χ2v) is 4.43. The van der Waals surface area contributed by atoms with Crippen molar-refractivity contribution in [1.82, 2.24) is 0 Å². The van der Waals surface area contributed by atoms with Crippen LogP contribution in [0.15, 0.2) is 54.6 Å². The number of anilines is 1. The van der Waals surface area contributed by atoms with Gasteiger partial charge < -0.3 is 5.32 Å². The molecule has 0 spiro atoms. The topological polar surface area (TPSA) is 46.2 Å². The van der Waals surface area contributed by atoms with Gasteiger partial charge >= 0.3 is 0 Å². The Hall–Kier alpha value is -2.75.